The lowest BCUT2D eigenvalue weighted by molar-refractivity contribution is -0.112. The number of methoxy groups -OCH3 is 1. The van der Waals surface area contributed by atoms with Gasteiger partial charge in [-0.25, -0.2) is 18.6 Å². The van der Waals surface area contributed by atoms with E-state index in [1.807, 2.05) is 6.07 Å². The van der Waals surface area contributed by atoms with E-state index in [1.54, 1.807) is 42.8 Å². The number of aromatic nitrogens is 3. The summed E-state index contributed by atoms with van der Waals surface area (Å²) in [6, 6.07) is 9.83. The third-order valence-corrected chi connectivity index (χ3v) is 9.16. The lowest BCUT2D eigenvalue weighted by Crippen LogP contribution is -2.12. The van der Waals surface area contributed by atoms with E-state index in [1.165, 1.54) is 19.5 Å². The molecule has 3 N–H and O–H groups in total. The van der Waals surface area contributed by atoms with Gasteiger partial charge in [-0.05, 0) is 55.7 Å². The Kier molecular flexibility index (Phi) is 6.85. The van der Waals surface area contributed by atoms with Crippen LogP contribution >= 0.6 is 0 Å². The molecule has 0 saturated carbocycles. The molecule has 9 nitrogen and oxygen atoms in total. The predicted molar refractivity (Wildman–Crippen MR) is 153 cm³/mol. The number of nitrogens with one attached hydrogen (secondary N) is 1. The lowest BCUT2D eigenvalue weighted by Gasteiger charge is -2.13. The van der Waals surface area contributed by atoms with Gasteiger partial charge in [-0.2, -0.15) is 4.36 Å². The fraction of sp³-hybridized carbons (Fsp3) is 0.250. The van der Waals surface area contributed by atoms with Crippen LogP contribution in [0.2, 0.25) is 0 Å². The maximum absolute atomic E-state index is 15.6. The number of benzene rings is 2. The van der Waals surface area contributed by atoms with Crippen LogP contribution in [-0.2, 0) is 21.6 Å². The summed E-state index contributed by atoms with van der Waals surface area (Å²) in [5.41, 5.74) is 10.0. The summed E-state index contributed by atoms with van der Waals surface area (Å²) in [7, 11) is 0.986. The van der Waals surface area contributed by atoms with Crippen molar-refractivity contribution in [3.8, 4) is 28.1 Å². The Labute approximate surface area is 226 Å². The van der Waals surface area contributed by atoms with E-state index in [2.05, 4.69) is 26.2 Å². The highest BCUT2D eigenvalue weighted by atomic mass is 32.2. The Hall–Kier alpha value is -4.25. The second-order valence-electron chi connectivity index (χ2n) is 9.54. The zero-order valence-corrected chi connectivity index (χ0v) is 22.8. The van der Waals surface area contributed by atoms with Crippen LogP contribution in [0.1, 0.15) is 19.8 Å². The summed E-state index contributed by atoms with van der Waals surface area (Å²) < 4.78 is 40.7. The van der Waals surface area contributed by atoms with E-state index in [-0.39, 0.29) is 11.4 Å². The number of hydrogen-bond donors (Lipinski definition) is 2. The minimum Gasteiger partial charge on any atom is -0.494 e. The van der Waals surface area contributed by atoms with Crippen molar-refractivity contribution in [1.29, 1.82) is 0 Å². The Balaban J connectivity index is 1.71. The van der Waals surface area contributed by atoms with Gasteiger partial charge in [0.25, 0.3) is 5.91 Å². The molecular formula is C28H29FN6O3S. The number of hydrogen-bond acceptors (Lipinski definition) is 7. The summed E-state index contributed by atoms with van der Waals surface area (Å²) in [5, 5.41) is 3.19. The van der Waals surface area contributed by atoms with Crippen LogP contribution in [0.3, 0.4) is 0 Å². The SMILES string of the molecule is C=C(C)C(=O)Nc1ccc(-c2c(-c3ccc(N=S4(=O)CCCC4)c(OC)c3)c3c(N)ncnc3n2C)c(F)c1. The zero-order chi connectivity index (χ0) is 27.9. The maximum atomic E-state index is 15.6. The number of carbonyl (C=O) groups excluding carboxylic acids is 1. The molecule has 2 aromatic heterocycles. The Morgan fingerprint density at radius 3 is 2.62 bits per heavy atom. The number of carbonyl (C=O) groups is 1. The molecule has 0 spiro atoms. The predicted octanol–water partition coefficient (Wildman–Crippen LogP) is 5.44. The number of ether oxygens (including phenoxy) is 1. The van der Waals surface area contributed by atoms with Gasteiger partial charge < -0.3 is 20.4 Å². The topological polar surface area (TPSA) is 124 Å². The average Bonchev–Trinajstić information content (AvgIpc) is 3.46. The summed E-state index contributed by atoms with van der Waals surface area (Å²) >= 11 is 0. The summed E-state index contributed by atoms with van der Waals surface area (Å²) in [6.07, 6.45) is 3.14. The van der Waals surface area contributed by atoms with Gasteiger partial charge in [0.1, 0.15) is 35.0 Å². The second-order valence-corrected chi connectivity index (χ2v) is 12.1. The van der Waals surface area contributed by atoms with Crippen LogP contribution in [0.25, 0.3) is 33.4 Å². The molecule has 11 heteroatoms. The number of anilines is 2. The average molecular weight is 549 g/mol. The molecule has 0 radical (unpaired) electrons. The number of halogens is 1. The molecule has 39 heavy (non-hydrogen) atoms. The molecule has 1 saturated heterocycles. The molecule has 1 aliphatic heterocycles. The van der Waals surface area contributed by atoms with E-state index < -0.39 is 21.5 Å². The van der Waals surface area contributed by atoms with E-state index in [0.29, 0.717) is 62.1 Å². The molecule has 5 rings (SSSR count). The minimum absolute atomic E-state index is 0.240. The van der Waals surface area contributed by atoms with Crippen molar-refractivity contribution in [2.45, 2.75) is 19.8 Å². The molecule has 2 aromatic carbocycles. The minimum atomic E-state index is -2.31. The number of nitrogens with two attached hydrogens (primary N) is 1. The van der Waals surface area contributed by atoms with Gasteiger partial charge in [0.05, 0.1) is 27.9 Å². The fourth-order valence-corrected chi connectivity index (χ4v) is 7.04. The first-order chi connectivity index (χ1) is 18.6. The van der Waals surface area contributed by atoms with Gasteiger partial charge in [-0.3, -0.25) is 4.79 Å². The van der Waals surface area contributed by atoms with Gasteiger partial charge in [0.15, 0.2) is 0 Å². The number of nitrogen functional groups attached to an aromatic ring is 1. The third kappa shape index (κ3) is 4.85. The first-order valence-corrected chi connectivity index (χ1v) is 14.2. The van der Waals surface area contributed by atoms with Gasteiger partial charge >= 0.3 is 0 Å². The molecule has 0 unspecified atom stereocenters. The highest BCUT2D eigenvalue weighted by Crippen LogP contribution is 2.45. The van der Waals surface area contributed by atoms with Crippen molar-refractivity contribution >= 4 is 43.9 Å². The fourth-order valence-electron chi connectivity index (χ4n) is 4.83. The molecule has 1 amide bonds. The number of aryl methyl sites for hydroxylation is 1. The Morgan fingerprint density at radius 1 is 1.21 bits per heavy atom. The van der Waals surface area contributed by atoms with Crippen molar-refractivity contribution in [3.05, 3.63) is 60.7 Å². The van der Waals surface area contributed by atoms with E-state index >= 15 is 4.39 Å². The molecule has 0 atom stereocenters. The number of rotatable bonds is 6. The zero-order valence-electron chi connectivity index (χ0n) is 22.0. The van der Waals surface area contributed by atoms with E-state index in [0.717, 1.165) is 12.8 Å². The largest absolute Gasteiger partial charge is 0.494 e. The molecule has 0 bridgehead atoms. The quantitative estimate of drug-likeness (QED) is 0.309. The summed E-state index contributed by atoms with van der Waals surface area (Å²) in [6.45, 7) is 5.19. The summed E-state index contributed by atoms with van der Waals surface area (Å²) in [4.78, 5) is 20.6. The van der Waals surface area contributed by atoms with Crippen molar-refractivity contribution in [2.75, 3.05) is 29.7 Å². The molecule has 1 aliphatic rings. The van der Waals surface area contributed by atoms with Crippen molar-refractivity contribution in [1.82, 2.24) is 14.5 Å². The van der Waals surface area contributed by atoms with Crippen molar-refractivity contribution < 1.29 is 18.1 Å². The molecule has 3 heterocycles. The first-order valence-electron chi connectivity index (χ1n) is 12.4. The Morgan fingerprint density at radius 2 is 1.95 bits per heavy atom. The van der Waals surface area contributed by atoms with Crippen LogP contribution in [0.15, 0.2) is 59.2 Å². The van der Waals surface area contributed by atoms with Crippen molar-refractivity contribution in [3.63, 3.8) is 0 Å². The molecule has 0 aliphatic carbocycles. The standard InChI is InChI=1S/C28H29FN6O3S/c1-16(2)28(36)33-18-8-9-19(20(29)14-18)25-23(24-26(30)31-15-32-27(24)35(25)3)17-7-10-21(22(13-17)38-4)34-39(37)11-5-6-12-39/h7-10,13-15H,1,5-6,11-12H2,2-4H3,(H,33,36)(H2,30,31,32). The monoisotopic (exact) mass is 548 g/mol. The molecule has 202 valence electrons. The highest BCUT2D eigenvalue weighted by Gasteiger charge is 2.25. The van der Waals surface area contributed by atoms with E-state index in [9.17, 15) is 9.00 Å². The van der Waals surface area contributed by atoms with Gasteiger partial charge in [0, 0.05) is 40.9 Å². The number of fused-ring (bicyclic) bond motifs is 1. The molecular weight excluding hydrogens is 519 g/mol. The summed E-state index contributed by atoms with van der Waals surface area (Å²) in [5.74, 6) is 0.878. The van der Waals surface area contributed by atoms with Crippen molar-refractivity contribution in [2.24, 2.45) is 11.4 Å². The number of nitrogens with zero attached hydrogens (tertiary/aromatic N) is 4. The van der Waals surface area contributed by atoms with Gasteiger partial charge in [0.2, 0.25) is 0 Å². The smallest absolute Gasteiger partial charge is 0.250 e. The lowest BCUT2D eigenvalue weighted by atomic mass is 9.97. The van der Waals surface area contributed by atoms with Crippen LogP contribution in [0, 0.1) is 5.82 Å². The maximum Gasteiger partial charge on any atom is 0.250 e. The van der Waals surface area contributed by atoms with Crippen LogP contribution < -0.4 is 15.8 Å². The van der Waals surface area contributed by atoms with Crippen LogP contribution in [-0.4, -0.2) is 43.3 Å². The first kappa shape index (κ1) is 26.4. The van der Waals surface area contributed by atoms with Gasteiger partial charge in [-0.1, -0.05) is 12.6 Å². The van der Waals surface area contributed by atoms with Crippen LogP contribution in [0.5, 0.6) is 5.75 Å². The Bertz CT molecular complexity index is 1760. The third-order valence-electron chi connectivity index (χ3n) is 6.78. The van der Waals surface area contributed by atoms with E-state index in [4.69, 9.17) is 10.5 Å². The number of amides is 1. The second kappa shape index (κ2) is 10.1. The van der Waals surface area contributed by atoms with Crippen LogP contribution in [0.4, 0.5) is 21.6 Å². The molecule has 1 fully saturated rings. The normalized spacial score (nSPS) is 14.4. The highest BCUT2D eigenvalue weighted by molar-refractivity contribution is 7.93. The van der Waals surface area contributed by atoms with Gasteiger partial charge in [-0.15, -0.1) is 0 Å². The molecule has 4 aromatic rings.